The molecule has 0 aliphatic carbocycles. The summed E-state index contributed by atoms with van der Waals surface area (Å²) in [6.45, 7) is 1.93. The minimum Gasteiger partial charge on any atom is -0.341 e. The van der Waals surface area contributed by atoms with Gasteiger partial charge in [0, 0.05) is 5.02 Å². The molecule has 0 aliphatic rings. The number of imidazole rings is 1. The fourth-order valence-electron chi connectivity index (χ4n) is 2.10. The van der Waals surface area contributed by atoms with Crippen LogP contribution in [0.3, 0.4) is 0 Å². The van der Waals surface area contributed by atoms with E-state index in [1.54, 1.807) is 24.5 Å². The van der Waals surface area contributed by atoms with Crippen LogP contribution in [0.1, 0.15) is 13.3 Å². The Hall–Kier alpha value is -1.83. The smallest absolute Gasteiger partial charge is 0.237 e. The topological polar surface area (TPSA) is 83.6 Å². The molecule has 0 spiro atoms. The molecule has 24 heavy (non-hydrogen) atoms. The molecule has 9 heteroatoms. The maximum Gasteiger partial charge on any atom is 0.237 e. The molecule has 2 aromatic heterocycles. The second-order valence-electron chi connectivity index (χ2n) is 4.91. The molecule has 124 valence electrons. The van der Waals surface area contributed by atoms with E-state index in [-0.39, 0.29) is 11.2 Å². The molecule has 2 N–H and O–H groups in total. The second-order valence-corrected chi connectivity index (χ2v) is 6.94. The zero-order valence-electron chi connectivity index (χ0n) is 12.6. The summed E-state index contributed by atoms with van der Waals surface area (Å²) in [5.41, 5.74) is 1.78. The molecule has 3 rings (SSSR count). The number of aromatic amines is 1. The maximum atomic E-state index is 12.6. The van der Waals surface area contributed by atoms with Crippen LogP contribution in [-0.2, 0) is 4.79 Å². The van der Waals surface area contributed by atoms with Gasteiger partial charge in [0.05, 0.1) is 22.3 Å². The quantitative estimate of drug-likeness (QED) is 0.511. The molecule has 3 aromatic rings. The SMILES string of the molecule is CCC(Sc1ncnc2nc[nH]c12)C(=O)Nc1cc(Cl)ccc1Cl. The number of benzene rings is 1. The summed E-state index contributed by atoms with van der Waals surface area (Å²) in [5, 5.41) is 4.09. The van der Waals surface area contributed by atoms with E-state index in [4.69, 9.17) is 23.2 Å². The number of carbonyl (C=O) groups excluding carboxylic acids is 1. The number of halogens is 2. The number of nitrogens with one attached hydrogen (secondary N) is 2. The van der Waals surface area contributed by atoms with Crippen molar-refractivity contribution in [3.63, 3.8) is 0 Å². The number of H-pyrrole nitrogens is 1. The number of aromatic nitrogens is 4. The van der Waals surface area contributed by atoms with Gasteiger partial charge in [-0.2, -0.15) is 0 Å². The third-order valence-corrected chi connectivity index (χ3v) is 5.22. The predicted octanol–water partition coefficient (Wildman–Crippen LogP) is 4.17. The third-order valence-electron chi connectivity index (χ3n) is 3.29. The van der Waals surface area contributed by atoms with Crippen molar-refractivity contribution in [3.05, 3.63) is 40.9 Å². The zero-order chi connectivity index (χ0) is 17.1. The zero-order valence-corrected chi connectivity index (χ0v) is 14.9. The lowest BCUT2D eigenvalue weighted by Gasteiger charge is -2.15. The Labute approximate surface area is 152 Å². The van der Waals surface area contributed by atoms with E-state index < -0.39 is 0 Å². The highest BCUT2D eigenvalue weighted by atomic mass is 35.5. The van der Waals surface area contributed by atoms with Gasteiger partial charge in [0.1, 0.15) is 16.9 Å². The first kappa shape index (κ1) is 17.0. The summed E-state index contributed by atoms with van der Waals surface area (Å²) in [4.78, 5) is 28.0. The number of anilines is 1. The molecule has 1 unspecified atom stereocenters. The van der Waals surface area contributed by atoms with Crippen molar-refractivity contribution in [2.45, 2.75) is 23.6 Å². The molecule has 0 fully saturated rings. The summed E-state index contributed by atoms with van der Waals surface area (Å²) in [6.07, 6.45) is 3.61. The first-order valence-corrected chi connectivity index (χ1v) is 8.78. The molecule has 6 nitrogen and oxygen atoms in total. The monoisotopic (exact) mass is 381 g/mol. The molecular formula is C15H13Cl2N5OS. The van der Waals surface area contributed by atoms with E-state index in [1.807, 2.05) is 6.92 Å². The van der Waals surface area contributed by atoms with E-state index in [0.29, 0.717) is 32.8 Å². The van der Waals surface area contributed by atoms with Crippen LogP contribution in [0.25, 0.3) is 11.2 Å². The molecule has 0 bridgehead atoms. The molecule has 1 atom stereocenters. The summed E-state index contributed by atoms with van der Waals surface area (Å²) in [6, 6.07) is 4.94. The van der Waals surface area contributed by atoms with Crippen LogP contribution < -0.4 is 5.32 Å². The van der Waals surface area contributed by atoms with E-state index >= 15 is 0 Å². The van der Waals surface area contributed by atoms with E-state index in [1.165, 1.54) is 18.1 Å². The van der Waals surface area contributed by atoms with Crippen molar-refractivity contribution in [1.82, 2.24) is 19.9 Å². The van der Waals surface area contributed by atoms with Crippen molar-refractivity contribution >= 4 is 57.7 Å². The number of hydrogen-bond donors (Lipinski definition) is 2. The van der Waals surface area contributed by atoms with Crippen LogP contribution in [0.5, 0.6) is 0 Å². The van der Waals surface area contributed by atoms with Crippen LogP contribution in [0.15, 0.2) is 35.9 Å². The van der Waals surface area contributed by atoms with Crippen LogP contribution in [0, 0.1) is 0 Å². The third kappa shape index (κ3) is 3.63. The Morgan fingerprint density at radius 1 is 1.33 bits per heavy atom. The molecule has 2 heterocycles. The van der Waals surface area contributed by atoms with Gasteiger partial charge in [0.15, 0.2) is 5.65 Å². The molecule has 0 saturated carbocycles. The number of fused-ring (bicyclic) bond motifs is 1. The second kappa shape index (κ2) is 7.38. The van der Waals surface area contributed by atoms with Crippen LogP contribution in [0.2, 0.25) is 10.0 Å². The van der Waals surface area contributed by atoms with Gasteiger partial charge in [0.2, 0.25) is 5.91 Å². The van der Waals surface area contributed by atoms with Gasteiger partial charge in [-0.1, -0.05) is 41.9 Å². The Bertz CT molecular complexity index is 885. The van der Waals surface area contributed by atoms with Gasteiger partial charge >= 0.3 is 0 Å². The van der Waals surface area contributed by atoms with Crippen LogP contribution in [0.4, 0.5) is 5.69 Å². The number of hydrogen-bond acceptors (Lipinski definition) is 5. The Balaban J connectivity index is 1.79. The molecular weight excluding hydrogens is 369 g/mol. The van der Waals surface area contributed by atoms with Crippen molar-refractivity contribution in [1.29, 1.82) is 0 Å². The fourth-order valence-corrected chi connectivity index (χ4v) is 3.41. The van der Waals surface area contributed by atoms with Gasteiger partial charge in [-0.05, 0) is 24.6 Å². The normalized spacial score (nSPS) is 12.3. The summed E-state index contributed by atoms with van der Waals surface area (Å²) in [5.74, 6) is -0.169. The lowest BCUT2D eigenvalue weighted by atomic mass is 10.2. The lowest BCUT2D eigenvalue weighted by Crippen LogP contribution is -2.24. The molecule has 1 amide bonds. The van der Waals surface area contributed by atoms with Gasteiger partial charge in [0.25, 0.3) is 0 Å². The number of carbonyl (C=O) groups is 1. The predicted molar refractivity (Wildman–Crippen MR) is 96.7 cm³/mol. The summed E-state index contributed by atoms with van der Waals surface area (Å²) >= 11 is 13.4. The van der Waals surface area contributed by atoms with Gasteiger partial charge in [-0.25, -0.2) is 15.0 Å². The minimum absolute atomic E-state index is 0.169. The van der Waals surface area contributed by atoms with E-state index in [9.17, 15) is 4.79 Å². The molecule has 1 aromatic carbocycles. The average molecular weight is 382 g/mol. The molecule has 0 radical (unpaired) electrons. The van der Waals surface area contributed by atoms with Gasteiger partial charge in [-0.3, -0.25) is 4.79 Å². The fraction of sp³-hybridized carbons (Fsp3) is 0.200. The molecule has 0 aliphatic heterocycles. The molecule has 0 saturated heterocycles. The standard InChI is InChI=1S/C15H13Cl2N5OS/c1-2-11(14(23)22-10-5-8(16)3-4-9(10)17)24-15-12-13(19-6-18-12)20-7-21-15/h3-7,11H,2H2,1H3,(H,22,23)(H,18,19,20,21). The Kier molecular flexibility index (Phi) is 5.23. The van der Waals surface area contributed by atoms with E-state index in [0.717, 1.165) is 5.52 Å². The Morgan fingerprint density at radius 2 is 2.17 bits per heavy atom. The van der Waals surface area contributed by atoms with Crippen LogP contribution >= 0.6 is 35.0 Å². The number of nitrogens with zero attached hydrogens (tertiary/aromatic N) is 3. The number of rotatable bonds is 5. The van der Waals surface area contributed by atoms with Gasteiger partial charge < -0.3 is 10.3 Å². The van der Waals surface area contributed by atoms with Crippen molar-refractivity contribution in [3.8, 4) is 0 Å². The largest absolute Gasteiger partial charge is 0.341 e. The van der Waals surface area contributed by atoms with Crippen LogP contribution in [-0.4, -0.2) is 31.1 Å². The maximum absolute atomic E-state index is 12.6. The minimum atomic E-state index is -0.346. The lowest BCUT2D eigenvalue weighted by molar-refractivity contribution is -0.115. The highest BCUT2D eigenvalue weighted by Gasteiger charge is 2.21. The highest BCUT2D eigenvalue weighted by molar-refractivity contribution is 8.00. The Morgan fingerprint density at radius 3 is 2.96 bits per heavy atom. The van der Waals surface area contributed by atoms with Crippen molar-refractivity contribution < 1.29 is 4.79 Å². The van der Waals surface area contributed by atoms with Gasteiger partial charge in [-0.15, -0.1) is 0 Å². The first-order valence-electron chi connectivity index (χ1n) is 7.15. The first-order chi connectivity index (χ1) is 11.6. The highest BCUT2D eigenvalue weighted by Crippen LogP contribution is 2.30. The summed E-state index contributed by atoms with van der Waals surface area (Å²) < 4.78 is 0. The summed E-state index contributed by atoms with van der Waals surface area (Å²) in [7, 11) is 0. The number of thioether (sulfide) groups is 1. The van der Waals surface area contributed by atoms with Crippen molar-refractivity contribution in [2.24, 2.45) is 0 Å². The number of amides is 1. The van der Waals surface area contributed by atoms with Crippen molar-refractivity contribution in [2.75, 3.05) is 5.32 Å². The average Bonchev–Trinajstić information content (AvgIpc) is 3.05. The van der Waals surface area contributed by atoms with E-state index in [2.05, 4.69) is 25.3 Å².